The fourth-order valence-electron chi connectivity index (χ4n) is 1.80. The summed E-state index contributed by atoms with van der Waals surface area (Å²) >= 11 is 12.3. The van der Waals surface area contributed by atoms with E-state index in [0.29, 0.717) is 6.42 Å². The van der Waals surface area contributed by atoms with Crippen LogP contribution in [0.5, 0.6) is 0 Å². The lowest BCUT2D eigenvalue weighted by Gasteiger charge is -2.11. The van der Waals surface area contributed by atoms with Crippen LogP contribution in [0.25, 0.3) is 0 Å². The molecule has 8 heteroatoms. The number of ether oxygens (including phenoxy) is 2. The molecule has 6 nitrogen and oxygen atoms in total. The standard InChI is InChI=1S/C18H21Cl2NO5/c1-5-8-25-17(23)12(11(4)22)9-21-14-7-6-13(19)15(16(14)20)18(24)26-10(2)3/h6-7,9-10,22H,5,8H2,1-4H3. The van der Waals surface area contributed by atoms with Gasteiger partial charge in [0.15, 0.2) is 0 Å². The van der Waals surface area contributed by atoms with Gasteiger partial charge in [-0.2, -0.15) is 0 Å². The van der Waals surface area contributed by atoms with E-state index in [1.165, 1.54) is 19.1 Å². The van der Waals surface area contributed by atoms with E-state index in [0.717, 1.165) is 6.21 Å². The summed E-state index contributed by atoms with van der Waals surface area (Å²) in [5.74, 6) is -1.64. The molecule has 0 amide bonds. The minimum absolute atomic E-state index is 0.0171. The molecule has 0 unspecified atom stereocenters. The van der Waals surface area contributed by atoms with Crippen LogP contribution in [0.3, 0.4) is 0 Å². The number of carbonyl (C=O) groups is 2. The van der Waals surface area contributed by atoms with Gasteiger partial charge in [0.2, 0.25) is 0 Å². The molecule has 0 saturated carbocycles. The fraction of sp³-hybridized carbons (Fsp3) is 0.389. The van der Waals surface area contributed by atoms with Crippen LogP contribution in [0.4, 0.5) is 5.69 Å². The highest BCUT2D eigenvalue weighted by atomic mass is 35.5. The largest absolute Gasteiger partial charge is 0.512 e. The number of hydrogen-bond donors (Lipinski definition) is 1. The van der Waals surface area contributed by atoms with Gasteiger partial charge < -0.3 is 14.6 Å². The van der Waals surface area contributed by atoms with Crippen molar-refractivity contribution in [2.45, 2.75) is 40.2 Å². The second kappa shape index (κ2) is 10.2. The van der Waals surface area contributed by atoms with Gasteiger partial charge in [-0.15, -0.1) is 0 Å². The predicted octanol–water partition coefficient (Wildman–Crippen LogP) is 5.05. The molecule has 0 aliphatic heterocycles. The van der Waals surface area contributed by atoms with Crippen molar-refractivity contribution in [3.63, 3.8) is 0 Å². The van der Waals surface area contributed by atoms with Gasteiger partial charge in [0.1, 0.15) is 11.3 Å². The maximum absolute atomic E-state index is 12.2. The Kier molecular flexibility index (Phi) is 8.61. The minimum atomic E-state index is -0.708. The molecular formula is C18H21Cl2NO5. The molecule has 0 bridgehead atoms. The van der Waals surface area contributed by atoms with Crippen LogP contribution in [-0.4, -0.2) is 36.0 Å². The van der Waals surface area contributed by atoms with E-state index >= 15 is 0 Å². The molecule has 0 radical (unpaired) electrons. The van der Waals surface area contributed by atoms with Crippen LogP contribution in [-0.2, 0) is 14.3 Å². The number of allylic oxidation sites excluding steroid dienone is 1. The predicted molar refractivity (Wildman–Crippen MR) is 102 cm³/mol. The molecule has 0 atom stereocenters. The van der Waals surface area contributed by atoms with Gasteiger partial charge in [0.05, 0.1) is 34.0 Å². The summed E-state index contributed by atoms with van der Waals surface area (Å²) in [4.78, 5) is 28.2. The van der Waals surface area contributed by atoms with Crippen molar-refractivity contribution in [2.24, 2.45) is 4.99 Å². The molecule has 26 heavy (non-hydrogen) atoms. The van der Waals surface area contributed by atoms with E-state index in [1.807, 2.05) is 6.92 Å². The monoisotopic (exact) mass is 401 g/mol. The molecule has 1 aromatic rings. The Bertz CT molecular complexity index is 737. The van der Waals surface area contributed by atoms with Crippen LogP contribution in [0.15, 0.2) is 28.5 Å². The normalized spacial score (nSPS) is 12.3. The molecule has 0 heterocycles. The third kappa shape index (κ3) is 6.04. The van der Waals surface area contributed by atoms with Gasteiger partial charge in [0, 0.05) is 6.21 Å². The smallest absolute Gasteiger partial charge is 0.343 e. The van der Waals surface area contributed by atoms with E-state index < -0.39 is 11.9 Å². The second-order valence-electron chi connectivity index (χ2n) is 5.60. The molecule has 1 N–H and O–H groups in total. The first-order chi connectivity index (χ1) is 12.2. The molecule has 1 aromatic carbocycles. The van der Waals surface area contributed by atoms with Crippen molar-refractivity contribution in [2.75, 3.05) is 6.61 Å². The van der Waals surface area contributed by atoms with Gasteiger partial charge >= 0.3 is 11.9 Å². The van der Waals surface area contributed by atoms with E-state index in [2.05, 4.69) is 4.99 Å². The topological polar surface area (TPSA) is 85.2 Å². The maximum atomic E-state index is 12.2. The summed E-state index contributed by atoms with van der Waals surface area (Å²) in [6, 6.07) is 2.93. The van der Waals surface area contributed by atoms with Crippen molar-refractivity contribution in [3.05, 3.63) is 39.1 Å². The number of benzene rings is 1. The SMILES string of the molecule is CCCOC(=O)C(C=Nc1ccc(Cl)c(C(=O)OC(C)C)c1Cl)=C(C)O. The van der Waals surface area contributed by atoms with Crippen LogP contribution in [0.2, 0.25) is 10.0 Å². The van der Waals surface area contributed by atoms with Gasteiger partial charge in [-0.05, 0) is 39.3 Å². The van der Waals surface area contributed by atoms with Gasteiger partial charge in [0.25, 0.3) is 0 Å². The van der Waals surface area contributed by atoms with Gasteiger partial charge in [-0.1, -0.05) is 30.1 Å². The Morgan fingerprint density at radius 2 is 1.96 bits per heavy atom. The lowest BCUT2D eigenvalue weighted by molar-refractivity contribution is -0.138. The maximum Gasteiger partial charge on any atom is 0.343 e. The van der Waals surface area contributed by atoms with Crippen LogP contribution >= 0.6 is 23.2 Å². The summed E-state index contributed by atoms with van der Waals surface area (Å²) in [6.07, 6.45) is 1.42. The van der Waals surface area contributed by atoms with Crippen molar-refractivity contribution in [1.29, 1.82) is 0 Å². The number of rotatable bonds is 7. The van der Waals surface area contributed by atoms with Crippen molar-refractivity contribution in [1.82, 2.24) is 0 Å². The van der Waals surface area contributed by atoms with Gasteiger partial charge in [-0.25, -0.2) is 9.59 Å². The molecule has 0 aliphatic carbocycles. The number of nitrogens with zero attached hydrogens (tertiary/aromatic N) is 1. The van der Waals surface area contributed by atoms with Gasteiger partial charge in [-0.3, -0.25) is 4.99 Å². The third-order valence-electron chi connectivity index (χ3n) is 3.00. The van der Waals surface area contributed by atoms with Crippen molar-refractivity contribution < 1.29 is 24.2 Å². The number of hydrogen-bond acceptors (Lipinski definition) is 6. The van der Waals surface area contributed by atoms with E-state index in [4.69, 9.17) is 32.7 Å². The number of aliphatic imine (C=N–C) groups is 1. The molecule has 0 spiro atoms. The first-order valence-corrected chi connectivity index (χ1v) is 8.74. The van der Waals surface area contributed by atoms with Crippen LogP contribution < -0.4 is 0 Å². The lowest BCUT2D eigenvalue weighted by Crippen LogP contribution is -2.13. The lowest BCUT2D eigenvalue weighted by atomic mass is 10.2. The number of carbonyl (C=O) groups excluding carboxylic acids is 2. The zero-order valence-corrected chi connectivity index (χ0v) is 16.5. The van der Waals surface area contributed by atoms with Crippen LogP contribution in [0, 0.1) is 0 Å². The average Bonchev–Trinajstić information content (AvgIpc) is 2.54. The molecule has 1 rings (SSSR count). The highest BCUT2D eigenvalue weighted by Crippen LogP contribution is 2.34. The Hall–Kier alpha value is -2.05. The molecule has 0 aliphatic rings. The number of aliphatic hydroxyl groups excluding tert-OH is 1. The summed E-state index contributed by atoms with van der Waals surface area (Å²) < 4.78 is 10.1. The minimum Gasteiger partial charge on any atom is -0.512 e. The third-order valence-corrected chi connectivity index (χ3v) is 3.69. The van der Waals surface area contributed by atoms with Crippen molar-refractivity contribution in [3.8, 4) is 0 Å². The average molecular weight is 402 g/mol. The zero-order valence-electron chi connectivity index (χ0n) is 15.0. The highest BCUT2D eigenvalue weighted by Gasteiger charge is 2.20. The quantitative estimate of drug-likeness (QED) is 0.299. The Labute approximate surface area is 162 Å². The molecule has 0 saturated heterocycles. The molecule has 0 fully saturated rings. The number of halogens is 2. The first kappa shape index (κ1) is 22.0. The first-order valence-electron chi connectivity index (χ1n) is 7.99. The Balaban J connectivity index is 3.20. The number of aliphatic hydroxyl groups is 1. The Morgan fingerprint density at radius 3 is 2.50 bits per heavy atom. The fourth-order valence-corrected chi connectivity index (χ4v) is 2.38. The summed E-state index contributed by atoms with van der Waals surface area (Å²) in [5.41, 5.74) is 0.0566. The second-order valence-corrected chi connectivity index (χ2v) is 6.39. The number of esters is 2. The van der Waals surface area contributed by atoms with E-state index in [9.17, 15) is 14.7 Å². The zero-order chi connectivity index (χ0) is 19.9. The Morgan fingerprint density at radius 1 is 1.31 bits per heavy atom. The molecule has 142 valence electrons. The molecular weight excluding hydrogens is 381 g/mol. The highest BCUT2D eigenvalue weighted by molar-refractivity contribution is 6.41. The van der Waals surface area contributed by atoms with Crippen molar-refractivity contribution >= 4 is 47.0 Å². The molecule has 0 aromatic heterocycles. The summed E-state index contributed by atoms with van der Waals surface area (Å²) in [5, 5.41) is 9.78. The van der Waals surface area contributed by atoms with E-state index in [1.54, 1.807) is 13.8 Å². The van der Waals surface area contributed by atoms with E-state index in [-0.39, 0.29) is 45.3 Å². The summed E-state index contributed by atoms with van der Waals surface area (Å²) in [6.45, 7) is 6.80. The summed E-state index contributed by atoms with van der Waals surface area (Å²) in [7, 11) is 0. The van der Waals surface area contributed by atoms with Crippen LogP contribution in [0.1, 0.15) is 44.5 Å².